The summed E-state index contributed by atoms with van der Waals surface area (Å²) in [6.07, 6.45) is 4.18. The van der Waals surface area contributed by atoms with Crippen LogP contribution in [0.2, 0.25) is 0 Å². The number of benzene rings is 2. The maximum Gasteiger partial charge on any atom is 0.231 e. The van der Waals surface area contributed by atoms with Crippen LogP contribution in [0.3, 0.4) is 0 Å². The third kappa shape index (κ3) is 2.29. The molecule has 4 unspecified atom stereocenters. The maximum absolute atomic E-state index is 12.4. The van der Waals surface area contributed by atoms with Crippen LogP contribution in [0.1, 0.15) is 23.0 Å². The first-order valence-corrected chi connectivity index (χ1v) is 7.88. The lowest BCUT2D eigenvalue weighted by Crippen LogP contribution is -2.31. The Morgan fingerprint density at radius 1 is 0.609 bits per heavy atom. The molecule has 0 aromatic heterocycles. The topological polar surface area (TPSA) is 46.2 Å². The summed E-state index contributed by atoms with van der Waals surface area (Å²) in [7, 11) is 0. The minimum atomic E-state index is -0.333. The molecule has 1 heterocycles. The van der Waals surface area contributed by atoms with Gasteiger partial charge in [-0.3, -0.25) is 14.9 Å². The van der Waals surface area contributed by atoms with Gasteiger partial charge in [0.1, 0.15) is 0 Å². The van der Waals surface area contributed by atoms with Gasteiger partial charge in [-0.25, -0.2) is 0 Å². The lowest BCUT2D eigenvalue weighted by molar-refractivity contribution is -0.126. The van der Waals surface area contributed by atoms with Crippen molar-refractivity contribution in [3.8, 4) is 0 Å². The van der Waals surface area contributed by atoms with Crippen molar-refractivity contribution < 1.29 is 9.59 Å². The zero-order chi connectivity index (χ0) is 15.8. The van der Waals surface area contributed by atoms with E-state index in [9.17, 15) is 9.59 Å². The van der Waals surface area contributed by atoms with Crippen LogP contribution in [0.4, 0.5) is 0 Å². The van der Waals surface area contributed by atoms with Crippen molar-refractivity contribution in [3.05, 3.63) is 83.9 Å². The number of allylic oxidation sites excluding steroid dienone is 2. The first kappa shape index (κ1) is 13.9. The lowest BCUT2D eigenvalue weighted by atomic mass is 9.68. The van der Waals surface area contributed by atoms with Gasteiger partial charge in [0.05, 0.1) is 11.8 Å². The summed E-state index contributed by atoms with van der Waals surface area (Å²) >= 11 is 0. The van der Waals surface area contributed by atoms with Crippen LogP contribution in [0.25, 0.3) is 0 Å². The predicted octanol–water partition coefficient (Wildman–Crippen LogP) is 3.01. The van der Waals surface area contributed by atoms with E-state index in [4.69, 9.17) is 0 Å². The van der Waals surface area contributed by atoms with Gasteiger partial charge < -0.3 is 0 Å². The van der Waals surface area contributed by atoms with E-state index in [0.29, 0.717) is 0 Å². The van der Waals surface area contributed by atoms with Crippen LogP contribution in [0, 0.1) is 11.8 Å². The summed E-state index contributed by atoms with van der Waals surface area (Å²) in [6.45, 7) is 0. The first-order valence-electron chi connectivity index (χ1n) is 7.88. The molecule has 0 saturated carbocycles. The molecule has 1 aliphatic carbocycles. The van der Waals surface area contributed by atoms with Crippen molar-refractivity contribution in [1.82, 2.24) is 5.32 Å². The Labute approximate surface area is 135 Å². The number of carbonyl (C=O) groups is 2. The molecule has 4 rings (SSSR count). The Bertz CT molecular complexity index is 701. The first-order chi connectivity index (χ1) is 11.3. The van der Waals surface area contributed by atoms with Crippen LogP contribution >= 0.6 is 0 Å². The molecule has 114 valence electrons. The van der Waals surface area contributed by atoms with E-state index >= 15 is 0 Å². The van der Waals surface area contributed by atoms with Crippen LogP contribution in [0.5, 0.6) is 0 Å². The third-order valence-corrected chi connectivity index (χ3v) is 4.91. The Balaban J connectivity index is 1.79. The second-order valence-corrected chi connectivity index (χ2v) is 6.16. The summed E-state index contributed by atoms with van der Waals surface area (Å²) in [6, 6.07) is 19.9. The molecule has 2 aliphatic rings. The Morgan fingerprint density at radius 3 is 1.39 bits per heavy atom. The number of carbonyl (C=O) groups excluding carboxylic acids is 2. The smallest absolute Gasteiger partial charge is 0.231 e. The summed E-state index contributed by atoms with van der Waals surface area (Å²) in [4.78, 5) is 24.8. The molecule has 1 N–H and O–H groups in total. The van der Waals surface area contributed by atoms with E-state index in [2.05, 4.69) is 17.5 Å². The largest absolute Gasteiger partial charge is 0.296 e. The molecule has 1 saturated heterocycles. The standard InChI is InChI=1S/C20H17NO2/c22-19-17-15(13-7-3-1-4-8-13)11-12-16(18(17)20(23)21-19)14-9-5-2-6-10-14/h1-12,15-18H,(H,21,22,23). The van der Waals surface area contributed by atoms with Crippen molar-refractivity contribution >= 4 is 11.8 Å². The molecule has 3 nitrogen and oxygen atoms in total. The number of hydrogen-bond donors (Lipinski definition) is 1. The average molecular weight is 303 g/mol. The number of nitrogens with one attached hydrogen (secondary N) is 1. The molecular formula is C20H17NO2. The number of imide groups is 1. The highest BCUT2D eigenvalue weighted by atomic mass is 16.2. The number of rotatable bonds is 2. The van der Waals surface area contributed by atoms with Crippen molar-refractivity contribution in [2.75, 3.05) is 0 Å². The highest BCUT2D eigenvalue weighted by Gasteiger charge is 2.50. The molecule has 0 spiro atoms. The van der Waals surface area contributed by atoms with Crippen LogP contribution in [-0.4, -0.2) is 11.8 Å². The minimum absolute atomic E-state index is 0.0485. The molecule has 0 radical (unpaired) electrons. The Morgan fingerprint density at radius 2 is 1.00 bits per heavy atom. The second-order valence-electron chi connectivity index (χ2n) is 6.16. The fraction of sp³-hybridized carbons (Fsp3) is 0.200. The molecule has 3 heteroatoms. The molecule has 2 amide bonds. The monoisotopic (exact) mass is 303 g/mol. The summed E-state index contributed by atoms with van der Waals surface area (Å²) in [5.41, 5.74) is 2.16. The molecule has 0 bridgehead atoms. The maximum atomic E-state index is 12.4. The Hall–Kier alpha value is -2.68. The van der Waals surface area contributed by atoms with Gasteiger partial charge in [0, 0.05) is 11.8 Å². The molecule has 23 heavy (non-hydrogen) atoms. The minimum Gasteiger partial charge on any atom is -0.296 e. The van der Waals surface area contributed by atoms with Gasteiger partial charge in [-0.05, 0) is 11.1 Å². The van der Waals surface area contributed by atoms with E-state index in [0.717, 1.165) is 11.1 Å². The number of amides is 2. The van der Waals surface area contributed by atoms with Gasteiger partial charge >= 0.3 is 0 Å². The summed E-state index contributed by atoms with van der Waals surface area (Å²) < 4.78 is 0. The van der Waals surface area contributed by atoms with E-state index in [1.165, 1.54) is 0 Å². The molecular weight excluding hydrogens is 286 g/mol. The molecule has 2 aromatic rings. The van der Waals surface area contributed by atoms with Crippen molar-refractivity contribution in [1.29, 1.82) is 0 Å². The van der Waals surface area contributed by atoms with Gasteiger partial charge in [0.25, 0.3) is 0 Å². The van der Waals surface area contributed by atoms with Gasteiger partial charge in [0.15, 0.2) is 0 Å². The SMILES string of the molecule is O=C1NC(=O)C2C(c3ccccc3)C=CC(c3ccccc3)C12. The van der Waals surface area contributed by atoms with Gasteiger partial charge in [-0.15, -0.1) is 0 Å². The van der Waals surface area contributed by atoms with Crippen LogP contribution < -0.4 is 5.32 Å². The zero-order valence-electron chi connectivity index (χ0n) is 12.6. The van der Waals surface area contributed by atoms with E-state index < -0.39 is 0 Å². The van der Waals surface area contributed by atoms with Gasteiger partial charge in [-0.2, -0.15) is 0 Å². The van der Waals surface area contributed by atoms with Crippen molar-refractivity contribution in [2.45, 2.75) is 11.8 Å². The number of fused-ring (bicyclic) bond motifs is 1. The van der Waals surface area contributed by atoms with Crippen molar-refractivity contribution in [3.63, 3.8) is 0 Å². The highest BCUT2D eigenvalue weighted by molar-refractivity contribution is 6.06. The summed E-state index contributed by atoms with van der Waals surface area (Å²) in [5, 5.41) is 2.54. The fourth-order valence-corrected chi connectivity index (χ4v) is 3.85. The molecule has 2 aromatic carbocycles. The predicted molar refractivity (Wildman–Crippen MR) is 87.6 cm³/mol. The van der Waals surface area contributed by atoms with Gasteiger partial charge in [-0.1, -0.05) is 72.8 Å². The quantitative estimate of drug-likeness (QED) is 0.685. The fourth-order valence-electron chi connectivity index (χ4n) is 3.85. The zero-order valence-corrected chi connectivity index (χ0v) is 12.6. The average Bonchev–Trinajstić information content (AvgIpc) is 2.91. The van der Waals surface area contributed by atoms with E-state index in [-0.39, 0.29) is 35.5 Å². The summed E-state index contributed by atoms with van der Waals surface area (Å²) in [5.74, 6) is -1.07. The van der Waals surface area contributed by atoms with Crippen molar-refractivity contribution in [2.24, 2.45) is 11.8 Å². The van der Waals surface area contributed by atoms with Crippen LogP contribution in [0.15, 0.2) is 72.8 Å². The van der Waals surface area contributed by atoms with E-state index in [1.807, 2.05) is 60.7 Å². The lowest BCUT2D eigenvalue weighted by Gasteiger charge is -2.32. The highest BCUT2D eigenvalue weighted by Crippen LogP contribution is 2.46. The van der Waals surface area contributed by atoms with Gasteiger partial charge in [0.2, 0.25) is 11.8 Å². The molecule has 1 aliphatic heterocycles. The third-order valence-electron chi connectivity index (χ3n) is 4.91. The molecule has 1 fully saturated rings. The Kier molecular flexibility index (Phi) is 3.34. The number of hydrogen-bond acceptors (Lipinski definition) is 2. The van der Waals surface area contributed by atoms with E-state index in [1.54, 1.807) is 0 Å². The van der Waals surface area contributed by atoms with Crippen LogP contribution in [-0.2, 0) is 9.59 Å². The molecule has 4 atom stereocenters. The second kappa shape index (κ2) is 5.51. The normalized spacial score (nSPS) is 29.2.